The van der Waals surface area contributed by atoms with Crippen molar-refractivity contribution in [3.8, 4) is 0 Å². The average molecular weight is 170 g/mol. The quantitative estimate of drug-likeness (QED) is 0.590. The summed E-state index contributed by atoms with van der Waals surface area (Å²) < 4.78 is 0. The lowest BCUT2D eigenvalue weighted by Gasteiger charge is -2.30. The minimum Gasteiger partial charge on any atom is -0.427 e. The molecule has 0 radical (unpaired) electrons. The van der Waals surface area contributed by atoms with E-state index in [2.05, 4.69) is 0 Å². The highest BCUT2D eigenvalue weighted by atomic mass is 16.4. The Labute approximate surface area is 75.1 Å². The molecule has 0 amide bonds. The summed E-state index contributed by atoms with van der Waals surface area (Å²) in [5.74, 6) is 0. The van der Waals surface area contributed by atoms with Crippen LogP contribution in [0.5, 0.6) is 0 Å². The van der Waals surface area contributed by atoms with Crippen molar-refractivity contribution >= 4 is 7.12 Å². The Bertz CT molecular complexity index is 128. The van der Waals surface area contributed by atoms with Crippen LogP contribution in [0.25, 0.3) is 0 Å². The molecular formula is C9H19BO2. The summed E-state index contributed by atoms with van der Waals surface area (Å²) in [6.45, 7) is 1.99. The van der Waals surface area contributed by atoms with Gasteiger partial charge in [0.15, 0.2) is 0 Å². The van der Waals surface area contributed by atoms with Crippen molar-refractivity contribution in [2.45, 2.75) is 57.2 Å². The molecule has 0 aliphatic heterocycles. The summed E-state index contributed by atoms with van der Waals surface area (Å²) in [5, 5.41) is 18.2. The second kappa shape index (κ2) is 4.29. The van der Waals surface area contributed by atoms with Crippen LogP contribution < -0.4 is 0 Å². The summed E-state index contributed by atoms with van der Waals surface area (Å²) in [5.41, 5.74) is 0. The molecule has 0 aromatic heterocycles. The summed E-state index contributed by atoms with van der Waals surface area (Å²) in [6, 6.07) is 0. The highest BCUT2D eigenvalue weighted by Gasteiger charge is 2.36. The van der Waals surface area contributed by atoms with Gasteiger partial charge in [0.05, 0.1) is 0 Å². The normalized spacial score (nSPS) is 24.2. The van der Waals surface area contributed by atoms with E-state index in [0.29, 0.717) is 0 Å². The minimum absolute atomic E-state index is 0.236. The van der Waals surface area contributed by atoms with Crippen LogP contribution in [-0.4, -0.2) is 17.2 Å². The number of hydrogen-bond acceptors (Lipinski definition) is 2. The van der Waals surface area contributed by atoms with Crippen molar-refractivity contribution in [3.05, 3.63) is 0 Å². The molecule has 0 heterocycles. The van der Waals surface area contributed by atoms with Crippen LogP contribution in [0.2, 0.25) is 5.31 Å². The monoisotopic (exact) mass is 170 g/mol. The molecule has 1 rings (SSSR count). The van der Waals surface area contributed by atoms with Gasteiger partial charge in [0.1, 0.15) is 0 Å². The highest BCUT2D eigenvalue weighted by molar-refractivity contribution is 6.45. The van der Waals surface area contributed by atoms with Crippen LogP contribution >= 0.6 is 0 Å². The molecule has 0 saturated heterocycles. The Hall–Kier alpha value is -0.0151. The maximum Gasteiger partial charge on any atom is 0.457 e. The summed E-state index contributed by atoms with van der Waals surface area (Å²) in [7, 11) is -1.13. The van der Waals surface area contributed by atoms with Crippen LogP contribution in [0.4, 0.5) is 0 Å². The maximum atomic E-state index is 9.21. The highest BCUT2D eigenvalue weighted by Crippen LogP contribution is 2.41. The van der Waals surface area contributed by atoms with E-state index < -0.39 is 7.12 Å². The predicted octanol–water partition coefficient (Wildman–Crippen LogP) is 1.96. The molecule has 2 nitrogen and oxygen atoms in total. The van der Waals surface area contributed by atoms with Crippen molar-refractivity contribution in [3.63, 3.8) is 0 Å². The molecule has 1 aliphatic rings. The molecule has 0 aromatic rings. The van der Waals surface area contributed by atoms with E-state index in [1.807, 2.05) is 6.92 Å². The zero-order chi connectivity index (χ0) is 9.03. The van der Waals surface area contributed by atoms with Gasteiger partial charge < -0.3 is 10.0 Å². The standard InChI is InChI=1S/C9H19BO2/c1-9(10(11)12)7-5-3-2-4-6-8-9/h11-12H,2-8H2,1H3. The first-order chi connectivity index (χ1) is 5.65. The van der Waals surface area contributed by atoms with Gasteiger partial charge in [-0.3, -0.25) is 0 Å². The van der Waals surface area contributed by atoms with E-state index in [9.17, 15) is 10.0 Å². The Morgan fingerprint density at radius 3 is 1.75 bits per heavy atom. The third-order valence-electron chi connectivity index (χ3n) is 3.12. The van der Waals surface area contributed by atoms with Gasteiger partial charge in [0.25, 0.3) is 0 Å². The molecule has 0 bridgehead atoms. The van der Waals surface area contributed by atoms with Crippen LogP contribution in [0, 0.1) is 0 Å². The minimum atomic E-state index is -1.13. The molecule has 0 unspecified atom stereocenters. The van der Waals surface area contributed by atoms with E-state index in [4.69, 9.17) is 0 Å². The smallest absolute Gasteiger partial charge is 0.427 e. The van der Waals surface area contributed by atoms with Gasteiger partial charge in [0.2, 0.25) is 0 Å². The zero-order valence-corrected chi connectivity index (χ0v) is 7.92. The predicted molar refractivity (Wildman–Crippen MR) is 50.9 cm³/mol. The molecule has 2 N–H and O–H groups in total. The Kier molecular flexibility index (Phi) is 3.60. The van der Waals surface area contributed by atoms with Crippen LogP contribution in [-0.2, 0) is 0 Å². The third kappa shape index (κ3) is 2.49. The molecule has 0 atom stereocenters. The molecule has 1 saturated carbocycles. The van der Waals surface area contributed by atoms with E-state index in [1.54, 1.807) is 0 Å². The van der Waals surface area contributed by atoms with Gasteiger partial charge in [-0.2, -0.15) is 0 Å². The third-order valence-corrected chi connectivity index (χ3v) is 3.12. The van der Waals surface area contributed by atoms with Crippen molar-refractivity contribution in [1.29, 1.82) is 0 Å². The van der Waals surface area contributed by atoms with Gasteiger partial charge in [0, 0.05) is 5.31 Å². The van der Waals surface area contributed by atoms with Crippen molar-refractivity contribution < 1.29 is 10.0 Å². The molecule has 12 heavy (non-hydrogen) atoms. The maximum absolute atomic E-state index is 9.21. The second-order valence-corrected chi connectivity index (χ2v) is 4.30. The fourth-order valence-corrected chi connectivity index (χ4v) is 1.97. The Morgan fingerprint density at radius 2 is 1.33 bits per heavy atom. The lowest BCUT2D eigenvalue weighted by Crippen LogP contribution is -2.31. The molecular weight excluding hydrogens is 151 g/mol. The largest absolute Gasteiger partial charge is 0.457 e. The van der Waals surface area contributed by atoms with Crippen molar-refractivity contribution in [2.24, 2.45) is 0 Å². The van der Waals surface area contributed by atoms with Crippen LogP contribution in [0.15, 0.2) is 0 Å². The van der Waals surface area contributed by atoms with Crippen molar-refractivity contribution in [1.82, 2.24) is 0 Å². The van der Waals surface area contributed by atoms with Gasteiger partial charge in [-0.25, -0.2) is 0 Å². The van der Waals surface area contributed by atoms with Gasteiger partial charge in [-0.15, -0.1) is 0 Å². The lowest BCUT2D eigenvalue weighted by atomic mass is 9.54. The first kappa shape index (κ1) is 10.1. The Morgan fingerprint density at radius 1 is 0.917 bits per heavy atom. The zero-order valence-electron chi connectivity index (χ0n) is 7.92. The van der Waals surface area contributed by atoms with Gasteiger partial charge in [-0.1, -0.05) is 39.0 Å². The molecule has 3 heteroatoms. The molecule has 0 spiro atoms. The fourth-order valence-electron chi connectivity index (χ4n) is 1.97. The van der Waals surface area contributed by atoms with E-state index in [0.717, 1.165) is 25.7 Å². The van der Waals surface area contributed by atoms with Gasteiger partial charge >= 0.3 is 7.12 Å². The molecule has 1 aliphatic carbocycles. The average Bonchev–Trinajstić information content (AvgIpc) is 1.97. The Balaban J connectivity index is 2.48. The van der Waals surface area contributed by atoms with E-state index in [1.165, 1.54) is 19.3 Å². The van der Waals surface area contributed by atoms with Crippen LogP contribution in [0.1, 0.15) is 51.9 Å². The number of hydrogen-bond donors (Lipinski definition) is 2. The molecule has 70 valence electrons. The lowest BCUT2D eigenvalue weighted by molar-refractivity contribution is 0.301. The number of rotatable bonds is 1. The first-order valence-corrected chi connectivity index (χ1v) is 5.01. The van der Waals surface area contributed by atoms with E-state index in [-0.39, 0.29) is 5.31 Å². The van der Waals surface area contributed by atoms with E-state index >= 15 is 0 Å². The fraction of sp³-hybridized carbons (Fsp3) is 1.00. The molecule has 0 aromatic carbocycles. The van der Waals surface area contributed by atoms with Crippen molar-refractivity contribution in [2.75, 3.05) is 0 Å². The first-order valence-electron chi connectivity index (χ1n) is 5.01. The topological polar surface area (TPSA) is 40.5 Å². The summed E-state index contributed by atoms with van der Waals surface area (Å²) in [4.78, 5) is 0. The molecule has 1 fully saturated rings. The van der Waals surface area contributed by atoms with Crippen LogP contribution in [0.3, 0.4) is 0 Å². The summed E-state index contributed by atoms with van der Waals surface area (Å²) in [6.07, 6.45) is 8.04. The summed E-state index contributed by atoms with van der Waals surface area (Å²) >= 11 is 0. The SMILES string of the molecule is CC1(B(O)O)CCCCCCC1. The second-order valence-electron chi connectivity index (χ2n) is 4.30. The van der Waals surface area contributed by atoms with Gasteiger partial charge in [-0.05, 0) is 12.8 Å².